The molecular weight excluding hydrogens is 385 g/mol. The number of hydrogen-bond acceptors (Lipinski definition) is 5. The Morgan fingerprint density at radius 1 is 1.18 bits per heavy atom. The number of halogens is 1. The van der Waals surface area contributed by atoms with Crippen molar-refractivity contribution in [3.05, 3.63) is 59.9 Å². The maximum absolute atomic E-state index is 12.9. The Bertz CT molecular complexity index is 904. The summed E-state index contributed by atoms with van der Waals surface area (Å²) in [5.74, 6) is -0.917. The number of hydrogen-bond donors (Lipinski definition) is 2. The van der Waals surface area contributed by atoms with Crippen molar-refractivity contribution in [3.63, 3.8) is 0 Å². The van der Waals surface area contributed by atoms with Gasteiger partial charge in [0.25, 0.3) is 5.91 Å². The number of thioether (sulfide) groups is 1. The highest BCUT2D eigenvalue weighted by molar-refractivity contribution is 8.00. The zero-order chi connectivity index (χ0) is 20.3. The highest BCUT2D eigenvalue weighted by atomic mass is 32.2. The summed E-state index contributed by atoms with van der Waals surface area (Å²) < 4.78 is 18.0. The number of carbonyl (C=O) groups is 3. The number of nitrogens with one attached hydrogen (secondary N) is 2. The smallest absolute Gasteiger partial charge is 0.344 e. The average Bonchev–Trinajstić information content (AvgIpc) is 2.91. The lowest BCUT2D eigenvalue weighted by Crippen LogP contribution is -2.48. The average molecular weight is 403 g/mol. The fourth-order valence-electron chi connectivity index (χ4n) is 2.70. The van der Waals surface area contributed by atoms with Gasteiger partial charge in [-0.25, -0.2) is 9.18 Å². The van der Waals surface area contributed by atoms with Crippen LogP contribution in [-0.4, -0.2) is 35.7 Å². The van der Waals surface area contributed by atoms with E-state index < -0.39 is 23.4 Å². The van der Waals surface area contributed by atoms with Crippen LogP contribution in [0, 0.1) is 5.82 Å². The van der Waals surface area contributed by atoms with Crippen LogP contribution in [0.25, 0.3) is 0 Å². The zero-order valence-electron chi connectivity index (χ0n) is 15.2. The molecule has 1 aliphatic rings. The third kappa shape index (κ3) is 3.94. The normalized spacial score (nSPS) is 18.8. The maximum Gasteiger partial charge on any atom is 0.344 e. The third-order valence-corrected chi connectivity index (χ3v) is 5.29. The predicted octanol–water partition coefficient (Wildman–Crippen LogP) is 2.42. The summed E-state index contributed by atoms with van der Waals surface area (Å²) in [5, 5.41) is 3.28. The van der Waals surface area contributed by atoms with Crippen molar-refractivity contribution in [3.8, 4) is 5.75 Å². The van der Waals surface area contributed by atoms with Gasteiger partial charge in [0, 0.05) is 4.90 Å². The van der Waals surface area contributed by atoms with E-state index in [0.29, 0.717) is 21.2 Å². The molecule has 4 amide bonds. The molecule has 28 heavy (non-hydrogen) atoms. The van der Waals surface area contributed by atoms with Gasteiger partial charge in [0.05, 0.1) is 12.9 Å². The topological polar surface area (TPSA) is 87.7 Å². The van der Waals surface area contributed by atoms with Crippen LogP contribution in [0.2, 0.25) is 0 Å². The molecule has 0 aromatic heterocycles. The molecule has 0 bridgehead atoms. The lowest BCUT2D eigenvalue weighted by atomic mass is 9.92. The second-order valence-corrected chi connectivity index (χ2v) is 7.25. The van der Waals surface area contributed by atoms with Crippen LogP contribution < -0.4 is 15.5 Å². The van der Waals surface area contributed by atoms with Gasteiger partial charge in [0.2, 0.25) is 5.91 Å². The highest BCUT2D eigenvalue weighted by Crippen LogP contribution is 2.29. The number of benzene rings is 2. The van der Waals surface area contributed by atoms with E-state index in [2.05, 4.69) is 10.7 Å². The Labute approximate surface area is 165 Å². The van der Waals surface area contributed by atoms with Crippen LogP contribution >= 0.6 is 11.8 Å². The number of nitrogens with zero attached hydrogens (tertiary/aromatic N) is 1. The van der Waals surface area contributed by atoms with Gasteiger partial charge in [0.15, 0.2) is 0 Å². The van der Waals surface area contributed by atoms with Crippen molar-refractivity contribution in [2.24, 2.45) is 0 Å². The van der Waals surface area contributed by atoms with Gasteiger partial charge < -0.3 is 10.1 Å². The number of rotatable bonds is 6. The van der Waals surface area contributed by atoms with Crippen molar-refractivity contribution in [2.75, 3.05) is 12.9 Å². The summed E-state index contributed by atoms with van der Waals surface area (Å²) in [5.41, 5.74) is 1.58. The number of urea groups is 1. The Morgan fingerprint density at radius 3 is 2.43 bits per heavy atom. The Kier molecular flexibility index (Phi) is 5.55. The minimum Gasteiger partial charge on any atom is -0.497 e. The molecule has 2 aromatic rings. The Hall–Kier alpha value is -3.07. The number of hydrazine groups is 1. The summed E-state index contributed by atoms with van der Waals surface area (Å²) in [6, 6.07) is 11.7. The zero-order valence-corrected chi connectivity index (χ0v) is 16.0. The van der Waals surface area contributed by atoms with Crippen LogP contribution in [-0.2, 0) is 15.1 Å². The number of imide groups is 1. The summed E-state index contributed by atoms with van der Waals surface area (Å²) in [7, 11) is 1.53. The number of ether oxygens (including phenoxy) is 1. The lowest BCUT2D eigenvalue weighted by Gasteiger charge is -2.22. The van der Waals surface area contributed by atoms with E-state index in [-0.39, 0.29) is 11.6 Å². The van der Waals surface area contributed by atoms with Gasteiger partial charge in [-0.3, -0.25) is 15.0 Å². The van der Waals surface area contributed by atoms with Crippen LogP contribution in [0.1, 0.15) is 12.5 Å². The van der Waals surface area contributed by atoms with Gasteiger partial charge in [-0.2, -0.15) is 5.01 Å². The lowest BCUT2D eigenvalue weighted by molar-refractivity contribution is -0.138. The van der Waals surface area contributed by atoms with E-state index in [4.69, 9.17) is 4.74 Å². The molecule has 2 aromatic carbocycles. The van der Waals surface area contributed by atoms with Gasteiger partial charge in [-0.05, 0) is 48.9 Å². The quantitative estimate of drug-likeness (QED) is 0.571. The van der Waals surface area contributed by atoms with Crippen LogP contribution in [0.5, 0.6) is 5.75 Å². The Morgan fingerprint density at radius 2 is 1.82 bits per heavy atom. The van der Waals surface area contributed by atoms with Gasteiger partial charge in [-0.1, -0.05) is 12.1 Å². The van der Waals surface area contributed by atoms with E-state index in [1.807, 2.05) is 0 Å². The first-order chi connectivity index (χ1) is 13.3. The van der Waals surface area contributed by atoms with Crippen molar-refractivity contribution in [1.82, 2.24) is 15.8 Å². The summed E-state index contributed by atoms with van der Waals surface area (Å²) in [6.45, 7) is 1.56. The number of methoxy groups -OCH3 is 1. The van der Waals surface area contributed by atoms with Crippen LogP contribution in [0.15, 0.2) is 53.4 Å². The number of amides is 4. The molecule has 1 aliphatic heterocycles. The summed E-state index contributed by atoms with van der Waals surface area (Å²) in [4.78, 5) is 37.9. The molecule has 146 valence electrons. The molecule has 1 heterocycles. The molecule has 2 N–H and O–H groups in total. The van der Waals surface area contributed by atoms with E-state index in [1.54, 1.807) is 43.3 Å². The minimum atomic E-state index is -1.30. The van der Waals surface area contributed by atoms with Crippen LogP contribution in [0.3, 0.4) is 0 Å². The molecule has 1 unspecified atom stereocenters. The second-order valence-electron chi connectivity index (χ2n) is 6.20. The Balaban J connectivity index is 1.65. The molecular formula is C19H18FN3O4S. The van der Waals surface area contributed by atoms with Crippen molar-refractivity contribution in [1.29, 1.82) is 0 Å². The molecule has 3 rings (SSSR count). The fourth-order valence-corrected chi connectivity index (χ4v) is 3.39. The molecule has 0 aliphatic carbocycles. The standard InChI is InChI=1S/C19H18FN3O4S/c1-19(12-3-7-14(27-2)8-4-12)17(25)23(18(26)21-19)22-16(24)11-28-15-9-5-13(20)6-10-15/h3-10H,11H2,1-2H3,(H,21,26)(H,22,24). The van der Waals surface area contributed by atoms with Crippen LogP contribution in [0.4, 0.5) is 9.18 Å². The van der Waals surface area contributed by atoms with Crippen molar-refractivity contribution >= 4 is 29.6 Å². The first kappa shape index (κ1) is 19.7. The van der Waals surface area contributed by atoms with Gasteiger partial charge in [0.1, 0.15) is 17.1 Å². The van der Waals surface area contributed by atoms with E-state index >= 15 is 0 Å². The largest absolute Gasteiger partial charge is 0.497 e. The molecule has 0 radical (unpaired) electrons. The van der Waals surface area contributed by atoms with E-state index in [1.165, 1.54) is 19.2 Å². The van der Waals surface area contributed by atoms with E-state index in [9.17, 15) is 18.8 Å². The second kappa shape index (κ2) is 7.89. The molecule has 9 heteroatoms. The molecule has 1 saturated heterocycles. The molecule has 1 fully saturated rings. The summed E-state index contributed by atoms with van der Waals surface area (Å²) in [6.07, 6.45) is 0. The van der Waals surface area contributed by atoms with Gasteiger partial charge >= 0.3 is 6.03 Å². The fraction of sp³-hybridized carbons (Fsp3) is 0.211. The van der Waals surface area contributed by atoms with Gasteiger partial charge in [-0.15, -0.1) is 11.8 Å². The molecule has 7 nitrogen and oxygen atoms in total. The van der Waals surface area contributed by atoms with Crippen molar-refractivity contribution in [2.45, 2.75) is 17.4 Å². The summed E-state index contributed by atoms with van der Waals surface area (Å²) >= 11 is 1.16. The molecule has 0 spiro atoms. The number of carbonyl (C=O) groups excluding carboxylic acids is 3. The predicted molar refractivity (Wildman–Crippen MR) is 101 cm³/mol. The van der Waals surface area contributed by atoms with Crippen molar-refractivity contribution < 1.29 is 23.5 Å². The minimum absolute atomic E-state index is 0.0397. The maximum atomic E-state index is 12.9. The highest BCUT2D eigenvalue weighted by Gasteiger charge is 2.50. The SMILES string of the molecule is COc1ccc(C2(C)NC(=O)N(NC(=O)CSc3ccc(F)cc3)C2=O)cc1. The molecule has 1 atom stereocenters. The molecule has 0 saturated carbocycles. The first-order valence-electron chi connectivity index (χ1n) is 8.32. The monoisotopic (exact) mass is 403 g/mol. The first-order valence-corrected chi connectivity index (χ1v) is 9.31. The van der Waals surface area contributed by atoms with E-state index in [0.717, 1.165) is 11.8 Å². The third-order valence-electron chi connectivity index (χ3n) is 4.28.